The maximum Gasteiger partial charge on any atom is 0.125 e. The minimum atomic E-state index is -0.829. The van der Waals surface area contributed by atoms with Crippen molar-refractivity contribution in [3.8, 4) is 11.5 Å². The molecule has 1 aromatic rings. The largest absolute Gasteiger partial charge is 0.508 e. The summed E-state index contributed by atoms with van der Waals surface area (Å²) in [5.41, 5.74) is 6.27. The zero-order valence-electron chi connectivity index (χ0n) is 10.5. The summed E-state index contributed by atoms with van der Waals surface area (Å²) in [4.78, 5) is 0. The van der Waals surface area contributed by atoms with Crippen molar-refractivity contribution < 1.29 is 15.3 Å². The fourth-order valence-corrected chi connectivity index (χ4v) is 1.53. The second-order valence-electron chi connectivity index (χ2n) is 5.47. The molecule has 17 heavy (non-hydrogen) atoms. The molecule has 0 saturated heterocycles. The van der Waals surface area contributed by atoms with Crippen LogP contribution in [-0.4, -0.2) is 21.4 Å². The van der Waals surface area contributed by atoms with Crippen molar-refractivity contribution >= 4 is 0 Å². The molecule has 4 heteroatoms. The third-order valence-electron chi connectivity index (χ3n) is 2.96. The Balaban J connectivity index is 2.80. The first-order chi connectivity index (χ1) is 7.71. The van der Waals surface area contributed by atoms with Gasteiger partial charge in [0.2, 0.25) is 0 Å². The molecule has 0 spiro atoms. The zero-order valence-corrected chi connectivity index (χ0v) is 10.5. The van der Waals surface area contributed by atoms with E-state index in [0.717, 1.165) is 0 Å². The van der Waals surface area contributed by atoms with Gasteiger partial charge in [0.1, 0.15) is 11.5 Å². The molecule has 4 nitrogen and oxygen atoms in total. The summed E-state index contributed by atoms with van der Waals surface area (Å²) in [5, 5.41) is 28.8. The number of aliphatic hydroxyl groups excluding tert-OH is 1. The van der Waals surface area contributed by atoms with Crippen LogP contribution in [0.1, 0.15) is 38.9 Å². The number of rotatable bonds is 3. The number of phenolic OH excluding ortho intramolecular Hbond substituents is 2. The molecule has 1 rings (SSSR count). The van der Waals surface area contributed by atoms with Crippen molar-refractivity contribution in [3.63, 3.8) is 0 Å². The van der Waals surface area contributed by atoms with Crippen LogP contribution < -0.4 is 5.73 Å². The maximum atomic E-state index is 10.0. The van der Waals surface area contributed by atoms with E-state index in [-0.39, 0.29) is 23.0 Å². The molecule has 0 aliphatic heterocycles. The highest BCUT2D eigenvalue weighted by Gasteiger charge is 2.25. The topological polar surface area (TPSA) is 86.7 Å². The quantitative estimate of drug-likeness (QED) is 0.649. The Hall–Kier alpha value is -1.26. The summed E-state index contributed by atoms with van der Waals surface area (Å²) in [5.74, 6) is -0.142. The second kappa shape index (κ2) is 4.94. The predicted octanol–water partition coefficient (Wildman–Crippen LogP) is 1.89. The van der Waals surface area contributed by atoms with Crippen molar-refractivity contribution in [1.29, 1.82) is 0 Å². The lowest BCUT2D eigenvalue weighted by atomic mass is 9.83. The van der Waals surface area contributed by atoms with Crippen LogP contribution in [0.25, 0.3) is 0 Å². The van der Waals surface area contributed by atoms with E-state index >= 15 is 0 Å². The number of hydrogen-bond donors (Lipinski definition) is 4. The van der Waals surface area contributed by atoms with Gasteiger partial charge in [-0.25, -0.2) is 0 Å². The Morgan fingerprint density at radius 2 is 1.82 bits per heavy atom. The van der Waals surface area contributed by atoms with Gasteiger partial charge in [-0.2, -0.15) is 0 Å². The lowest BCUT2D eigenvalue weighted by Gasteiger charge is -2.29. The van der Waals surface area contributed by atoms with Gasteiger partial charge in [-0.1, -0.05) is 20.8 Å². The van der Waals surface area contributed by atoms with E-state index in [0.29, 0.717) is 12.0 Å². The minimum Gasteiger partial charge on any atom is -0.508 e. The Labute approximate surface area is 102 Å². The lowest BCUT2D eigenvalue weighted by molar-refractivity contribution is 0.130. The zero-order chi connectivity index (χ0) is 13.2. The number of aliphatic hydroxyl groups is 1. The third-order valence-corrected chi connectivity index (χ3v) is 2.96. The molecule has 0 fully saturated rings. The van der Waals surface area contributed by atoms with Gasteiger partial charge in [-0.3, -0.25) is 0 Å². The van der Waals surface area contributed by atoms with E-state index in [1.165, 1.54) is 18.2 Å². The number of benzene rings is 1. The first-order valence-electron chi connectivity index (χ1n) is 5.67. The minimum absolute atomic E-state index is 0.0291. The van der Waals surface area contributed by atoms with Gasteiger partial charge in [0.15, 0.2) is 0 Å². The fraction of sp³-hybridized carbons (Fsp3) is 0.538. The molecular formula is C13H21NO3. The van der Waals surface area contributed by atoms with Crippen LogP contribution in [0, 0.1) is 5.41 Å². The van der Waals surface area contributed by atoms with Crippen molar-refractivity contribution in [2.75, 3.05) is 0 Å². The summed E-state index contributed by atoms with van der Waals surface area (Å²) in [6, 6.07) is 3.97. The van der Waals surface area contributed by atoms with Gasteiger partial charge < -0.3 is 21.1 Å². The molecule has 0 heterocycles. The molecule has 1 aromatic carbocycles. The first kappa shape index (κ1) is 13.8. The summed E-state index contributed by atoms with van der Waals surface area (Å²) in [6.45, 7) is 6.00. The Kier molecular flexibility index (Phi) is 4.01. The van der Waals surface area contributed by atoms with Crippen LogP contribution in [0.15, 0.2) is 18.2 Å². The predicted molar refractivity (Wildman–Crippen MR) is 66.8 cm³/mol. The number of phenols is 2. The number of aromatic hydroxyl groups is 2. The first-order valence-corrected chi connectivity index (χ1v) is 5.67. The summed E-state index contributed by atoms with van der Waals surface area (Å²) >= 11 is 0. The Morgan fingerprint density at radius 3 is 2.29 bits per heavy atom. The van der Waals surface area contributed by atoms with Gasteiger partial charge >= 0.3 is 0 Å². The van der Waals surface area contributed by atoms with Crippen LogP contribution in [0.5, 0.6) is 11.5 Å². The van der Waals surface area contributed by atoms with Crippen LogP contribution in [0.2, 0.25) is 0 Å². The van der Waals surface area contributed by atoms with Crippen LogP contribution >= 0.6 is 0 Å². The molecule has 5 N–H and O–H groups in total. The molecule has 0 aliphatic carbocycles. The van der Waals surface area contributed by atoms with Gasteiger partial charge in [0.25, 0.3) is 0 Å². The molecule has 0 aromatic heterocycles. The SMILES string of the molecule is CC(C)(C)[C@H](N)C[C@H](O)c1ccc(O)cc1O. The molecule has 0 radical (unpaired) electrons. The van der Waals surface area contributed by atoms with Crippen molar-refractivity contribution in [1.82, 2.24) is 0 Å². The second-order valence-corrected chi connectivity index (χ2v) is 5.47. The van der Waals surface area contributed by atoms with Gasteiger partial charge in [0.05, 0.1) is 6.10 Å². The van der Waals surface area contributed by atoms with Crippen LogP contribution in [0.4, 0.5) is 0 Å². The molecule has 0 bridgehead atoms. The molecule has 2 atom stereocenters. The standard InChI is InChI=1S/C13H21NO3/c1-13(2,3)12(14)7-11(17)9-5-4-8(15)6-10(9)16/h4-6,11-12,15-17H,7,14H2,1-3H3/t11-,12+/m0/s1. The van der Waals surface area contributed by atoms with Crippen LogP contribution in [0.3, 0.4) is 0 Å². The van der Waals surface area contributed by atoms with E-state index in [1.54, 1.807) is 0 Å². The van der Waals surface area contributed by atoms with Crippen molar-refractivity contribution in [2.45, 2.75) is 39.3 Å². The van der Waals surface area contributed by atoms with Gasteiger partial charge in [-0.15, -0.1) is 0 Å². The van der Waals surface area contributed by atoms with Crippen LogP contribution in [-0.2, 0) is 0 Å². The van der Waals surface area contributed by atoms with E-state index in [9.17, 15) is 10.2 Å². The molecule has 0 aliphatic rings. The van der Waals surface area contributed by atoms with Crippen molar-refractivity contribution in [3.05, 3.63) is 23.8 Å². The third kappa shape index (κ3) is 3.61. The average Bonchev–Trinajstić information content (AvgIpc) is 2.15. The van der Waals surface area contributed by atoms with E-state index in [2.05, 4.69) is 0 Å². The van der Waals surface area contributed by atoms with Crippen molar-refractivity contribution in [2.24, 2.45) is 11.1 Å². The van der Waals surface area contributed by atoms with Gasteiger partial charge in [0, 0.05) is 17.7 Å². The van der Waals surface area contributed by atoms with E-state index in [4.69, 9.17) is 10.8 Å². The molecule has 96 valence electrons. The van der Waals surface area contributed by atoms with E-state index in [1.807, 2.05) is 20.8 Å². The monoisotopic (exact) mass is 239 g/mol. The Bertz CT molecular complexity index is 385. The summed E-state index contributed by atoms with van der Waals surface area (Å²) in [7, 11) is 0. The average molecular weight is 239 g/mol. The smallest absolute Gasteiger partial charge is 0.125 e. The number of hydrogen-bond acceptors (Lipinski definition) is 4. The number of nitrogens with two attached hydrogens (primary N) is 1. The highest BCUT2D eigenvalue weighted by atomic mass is 16.3. The molecule has 0 amide bonds. The highest BCUT2D eigenvalue weighted by molar-refractivity contribution is 5.40. The highest BCUT2D eigenvalue weighted by Crippen LogP contribution is 2.32. The summed E-state index contributed by atoms with van der Waals surface area (Å²) in [6.07, 6.45) is -0.466. The normalized spacial score (nSPS) is 15.6. The maximum absolute atomic E-state index is 10.0. The lowest BCUT2D eigenvalue weighted by Crippen LogP contribution is -2.36. The fourth-order valence-electron chi connectivity index (χ4n) is 1.53. The van der Waals surface area contributed by atoms with E-state index < -0.39 is 6.10 Å². The molecule has 0 saturated carbocycles. The van der Waals surface area contributed by atoms with Gasteiger partial charge in [-0.05, 0) is 24.0 Å². The Morgan fingerprint density at radius 1 is 1.24 bits per heavy atom. The molecular weight excluding hydrogens is 218 g/mol. The molecule has 0 unspecified atom stereocenters. The summed E-state index contributed by atoms with van der Waals surface area (Å²) < 4.78 is 0.